The molecule has 62 valence electrons. The molecule has 0 atom stereocenters. The lowest BCUT2D eigenvalue weighted by Crippen LogP contribution is -1.99. The molecule has 1 aromatic heterocycles. The Hall–Kier alpha value is -1.88. The molecule has 1 rings (SSSR count). The first-order chi connectivity index (χ1) is 5.76. The van der Waals surface area contributed by atoms with Crippen molar-refractivity contribution in [1.29, 1.82) is 0 Å². The Morgan fingerprint density at radius 3 is 2.75 bits per heavy atom. The number of azide groups is 1. The molecule has 7 nitrogen and oxygen atoms in total. The fourth-order valence-corrected chi connectivity index (χ4v) is 0.664. The summed E-state index contributed by atoms with van der Waals surface area (Å²) in [6.07, 6.45) is 0. The molecule has 0 aliphatic rings. The maximum Gasteiger partial charge on any atom is 0.226 e. The van der Waals surface area contributed by atoms with Gasteiger partial charge in [0.2, 0.25) is 11.9 Å². The monoisotopic (exact) mass is 165 g/mol. The third-order valence-corrected chi connectivity index (χ3v) is 1.09. The highest BCUT2D eigenvalue weighted by molar-refractivity contribution is 5.29. The number of rotatable bonds is 2. The van der Waals surface area contributed by atoms with Crippen molar-refractivity contribution in [2.45, 2.75) is 6.92 Å². The fraction of sp³-hybridized carbons (Fsp3) is 0.400. The van der Waals surface area contributed by atoms with Crippen LogP contribution < -0.4 is 5.32 Å². The standard InChI is InChI=1S/C5H7N7/c1-3-8-4(7-2)10-5(9-3)11-12-6/h1-2H3,(H,7,8,9,10). The van der Waals surface area contributed by atoms with E-state index in [4.69, 9.17) is 5.53 Å². The Balaban J connectivity index is 3.14. The minimum atomic E-state index is 0.0781. The van der Waals surface area contributed by atoms with Gasteiger partial charge in [-0.25, -0.2) is 4.98 Å². The summed E-state index contributed by atoms with van der Waals surface area (Å²) in [5.74, 6) is 0.982. The lowest BCUT2D eigenvalue weighted by atomic mass is 10.7. The Labute approximate surface area is 68.5 Å². The zero-order valence-electron chi connectivity index (χ0n) is 6.68. The van der Waals surface area contributed by atoms with Gasteiger partial charge in [0.05, 0.1) is 0 Å². The molecular weight excluding hydrogens is 158 g/mol. The lowest BCUT2D eigenvalue weighted by molar-refractivity contribution is 0.969. The lowest BCUT2D eigenvalue weighted by Gasteiger charge is -1.98. The van der Waals surface area contributed by atoms with Crippen molar-refractivity contribution in [3.8, 4) is 0 Å². The number of hydrogen-bond acceptors (Lipinski definition) is 5. The maximum atomic E-state index is 8.11. The number of aromatic nitrogens is 3. The predicted octanol–water partition coefficient (Wildman–Crippen LogP) is 1.16. The Kier molecular flexibility index (Phi) is 2.39. The molecule has 0 amide bonds. The SMILES string of the molecule is CNc1nc(C)nc(N=[N+]=[N-])n1. The summed E-state index contributed by atoms with van der Waals surface area (Å²) in [4.78, 5) is 14.1. The van der Waals surface area contributed by atoms with E-state index in [1.165, 1.54) is 0 Å². The van der Waals surface area contributed by atoms with E-state index in [1.807, 2.05) is 0 Å². The third kappa shape index (κ3) is 1.80. The van der Waals surface area contributed by atoms with Gasteiger partial charge in [-0.1, -0.05) is 0 Å². The minimum absolute atomic E-state index is 0.0781. The topological polar surface area (TPSA) is 99.5 Å². The quantitative estimate of drug-likeness (QED) is 0.403. The fourth-order valence-electron chi connectivity index (χ4n) is 0.664. The van der Waals surface area contributed by atoms with Crippen LogP contribution in [0, 0.1) is 6.92 Å². The van der Waals surface area contributed by atoms with Crippen LogP contribution in [0.4, 0.5) is 11.9 Å². The van der Waals surface area contributed by atoms with Gasteiger partial charge in [0.15, 0.2) is 0 Å². The predicted molar refractivity (Wildman–Crippen MR) is 42.9 cm³/mol. The van der Waals surface area contributed by atoms with Gasteiger partial charge in [0.1, 0.15) is 5.82 Å². The zero-order valence-corrected chi connectivity index (χ0v) is 6.68. The van der Waals surface area contributed by atoms with Crippen LogP contribution in [0.2, 0.25) is 0 Å². The van der Waals surface area contributed by atoms with Crippen molar-refractivity contribution in [3.05, 3.63) is 16.3 Å². The van der Waals surface area contributed by atoms with Crippen molar-refractivity contribution in [1.82, 2.24) is 15.0 Å². The van der Waals surface area contributed by atoms with E-state index in [1.54, 1.807) is 14.0 Å². The second-order valence-corrected chi connectivity index (χ2v) is 1.95. The van der Waals surface area contributed by atoms with Crippen molar-refractivity contribution < 1.29 is 0 Å². The number of nitrogens with one attached hydrogen (secondary N) is 1. The summed E-state index contributed by atoms with van der Waals surface area (Å²) in [7, 11) is 1.68. The van der Waals surface area contributed by atoms with Crippen LogP contribution in [-0.4, -0.2) is 22.0 Å². The van der Waals surface area contributed by atoms with Crippen LogP contribution in [0.25, 0.3) is 10.4 Å². The summed E-state index contributed by atoms with van der Waals surface area (Å²) >= 11 is 0. The van der Waals surface area contributed by atoms with Crippen LogP contribution in [0.15, 0.2) is 5.11 Å². The van der Waals surface area contributed by atoms with Crippen LogP contribution in [0.5, 0.6) is 0 Å². The maximum absolute atomic E-state index is 8.11. The highest BCUT2D eigenvalue weighted by Crippen LogP contribution is 2.06. The highest BCUT2D eigenvalue weighted by atomic mass is 15.3. The van der Waals surface area contributed by atoms with Crippen LogP contribution >= 0.6 is 0 Å². The van der Waals surface area contributed by atoms with Crippen molar-refractivity contribution in [2.24, 2.45) is 5.11 Å². The second-order valence-electron chi connectivity index (χ2n) is 1.95. The molecule has 0 saturated heterocycles. The average molecular weight is 165 g/mol. The first kappa shape index (κ1) is 8.22. The Bertz CT molecular complexity index is 327. The molecule has 1 N–H and O–H groups in total. The van der Waals surface area contributed by atoms with Gasteiger partial charge in [-0.15, -0.1) is 0 Å². The van der Waals surface area contributed by atoms with Gasteiger partial charge in [0.25, 0.3) is 0 Å². The first-order valence-corrected chi connectivity index (χ1v) is 3.22. The van der Waals surface area contributed by atoms with E-state index < -0.39 is 0 Å². The molecule has 0 radical (unpaired) electrons. The van der Waals surface area contributed by atoms with E-state index in [0.29, 0.717) is 11.8 Å². The van der Waals surface area contributed by atoms with Gasteiger partial charge in [-0.2, -0.15) is 9.97 Å². The molecule has 0 aromatic carbocycles. The van der Waals surface area contributed by atoms with Gasteiger partial charge in [0, 0.05) is 12.0 Å². The van der Waals surface area contributed by atoms with Crippen LogP contribution in [-0.2, 0) is 0 Å². The molecule has 1 heterocycles. The molecule has 7 heteroatoms. The number of aryl methyl sites for hydroxylation is 1. The normalized spacial score (nSPS) is 8.83. The van der Waals surface area contributed by atoms with Crippen LogP contribution in [0.3, 0.4) is 0 Å². The van der Waals surface area contributed by atoms with Gasteiger partial charge >= 0.3 is 0 Å². The van der Waals surface area contributed by atoms with Gasteiger partial charge in [-0.3, -0.25) is 0 Å². The van der Waals surface area contributed by atoms with E-state index in [2.05, 4.69) is 30.3 Å². The molecule has 0 unspecified atom stereocenters. The Morgan fingerprint density at radius 2 is 2.17 bits per heavy atom. The second kappa shape index (κ2) is 3.49. The minimum Gasteiger partial charge on any atom is -0.357 e. The van der Waals surface area contributed by atoms with E-state index in [-0.39, 0.29) is 5.95 Å². The van der Waals surface area contributed by atoms with Crippen molar-refractivity contribution in [3.63, 3.8) is 0 Å². The number of hydrogen-bond donors (Lipinski definition) is 1. The molecule has 0 saturated carbocycles. The summed E-state index contributed by atoms with van der Waals surface area (Å²) in [5, 5.41) is 5.98. The molecular formula is C5H7N7. The summed E-state index contributed by atoms with van der Waals surface area (Å²) in [6.45, 7) is 1.69. The summed E-state index contributed by atoms with van der Waals surface area (Å²) < 4.78 is 0. The van der Waals surface area contributed by atoms with Crippen molar-refractivity contribution in [2.75, 3.05) is 12.4 Å². The van der Waals surface area contributed by atoms with Gasteiger partial charge < -0.3 is 5.32 Å². The van der Waals surface area contributed by atoms with Gasteiger partial charge in [-0.05, 0) is 17.6 Å². The van der Waals surface area contributed by atoms with E-state index in [9.17, 15) is 0 Å². The number of nitrogens with zero attached hydrogens (tertiary/aromatic N) is 6. The third-order valence-electron chi connectivity index (χ3n) is 1.09. The zero-order chi connectivity index (χ0) is 8.97. The average Bonchev–Trinajstić information content (AvgIpc) is 2.04. The van der Waals surface area contributed by atoms with E-state index in [0.717, 1.165) is 0 Å². The molecule has 0 spiro atoms. The summed E-state index contributed by atoms with van der Waals surface area (Å²) in [5.41, 5.74) is 8.11. The first-order valence-electron chi connectivity index (χ1n) is 3.22. The summed E-state index contributed by atoms with van der Waals surface area (Å²) in [6, 6.07) is 0. The van der Waals surface area contributed by atoms with E-state index >= 15 is 0 Å². The largest absolute Gasteiger partial charge is 0.357 e. The molecule has 12 heavy (non-hydrogen) atoms. The Morgan fingerprint density at radius 1 is 1.42 bits per heavy atom. The van der Waals surface area contributed by atoms with Crippen molar-refractivity contribution >= 4 is 11.9 Å². The van der Waals surface area contributed by atoms with Crippen LogP contribution in [0.1, 0.15) is 5.82 Å². The molecule has 0 fully saturated rings. The molecule has 0 aliphatic heterocycles. The smallest absolute Gasteiger partial charge is 0.226 e. The number of anilines is 1. The molecule has 0 bridgehead atoms. The molecule has 0 aliphatic carbocycles. The highest BCUT2D eigenvalue weighted by Gasteiger charge is 1.98. The molecule has 1 aromatic rings.